The normalized spacial score (nSPS) is 47.4. The first-order chi connectivity index (χ1) is 10.4. The molecule has 3 aliphatic rings. The number of hydrogen-bond acceptors (Lipinski definition) is 4. The SMILES string of the molecule is CC1CCC(OC(=O)CBr)C2(C)CCC3C(C)C(=O)OC3C12. The Morgan fingerprint density at radius 2 is 2.09 bits per heavy atom. The Morgan fingerprint density at radius 1 is 1.36 bits per heavy atom. The summed E-state index contributed by atoms with van der Waals surface area (Å²) in [6.45, 7) is 6.47. The zero-order valence-corrected chi connectivity index (χ0v) is 15.1. The summed E-state index contributed by atoms with van der Waals surface area (Å²) in [6.07, 6.45) is 3.86. The number of ether oxygens (including phenoxy) is 2. The molecule has 7 atom stereocenters. The first kappa shape index (κ1) is 16.3. The van der Waals surface area contributed by atoms with Gasteiger partial charge in [-0.1, -0.05) is 36.7 Å². The lowest BCUT2D eigenvalue weighted by Crippen LogP contribution is -2.56. The van der Waals surface area contributed by atoms with Crippen molar-refractivity contribution < 1.29 is 19.1 Å². The molecule has 0 N–H and O–H groups in total. The van der Waals surface area contributed by atoms with E-state index in [4.69, 9.17) is 9.47 Å². The van der Waals surface area contributed by atoms with Crippen molar-refractivity contribution in [2.75, 3.05) is 5.33 Å². The van der Waals surface area contributed by atoms with Crippen LogP contribution in [0.1, 0.15) is 46.5 Å². The van der Waals surface area contributed by atoms with Gasteiger partial charge in [0.1, 0.15) is 17.5 Å². The topological polar surface area (TPSA) is 52.6 Å². The number of rotatable bonds is 2. The Kier molecular flexibility index (Phi) is 4.30. The van der Waals surface area contributed by atoms with Gasteiger partial charge in [0.05, 0.1) is 5.92 Å². The maximum absolute atomic E-state index is 12.0. The number of carbonyl (C=O) groups is 2. The van der Waals surface area contributed by atoms with Crippen LogP contribution in [0.2, 0.25) is 0 Å². The Balaban J connectivity index is 1.88. The van der Waals surface area contributed by atoms with E-state index < -0.39 is 0 Å². The predicted octanol–water partition coefficient (Wildman–Crippen LogP) is 3.32. The molecule has 0 aromatic heterocycles. The Morgan fingerprint density at radius 3 is 2.77 bits per heavy atom. The molecule has 5 heteroatoms. The fourth-order valence-electron chi connectivity index (χ4n) is 5.22. The molecule has 3 fully saturated rings. The van der Waals surface area contributed by atoms with Crippen molar-refractivity contribution in [2.45, 2.75) is 58.7 Å². The molecule has 3 rings (SSSR count). The summed E-state index contributed by atoms with van der Waals surface area (Å²) in [5.41, 5.74) is -0.0823. The second-order valence-electron chi connectivity index (χ2n) is 7.59. The van der Waals surface area contributed by atoms with Crippen LogP contribution in [0.15, 0.2) is 0 Å². The first-order valence-corrected chi connectivity index (χ1v) is 9.46. The van der Waals surface area contributed by atoms with Gasteiger partial charge < -0.3 is 9.47 Å². The van der Waals surface area contributed by atoms with E-state index in [0.29, 0.717) is 17.8 Å². The molecule has 7 unspecified atom stereocenters. The standard InChI is InChI=1S/C17H25BrO4/c1-9-4-5-12(21-13(19)8-18)17(3)7-6-11-10(2)16(20)22-15(11)14(9)17/h9-12,14-15H,4-8H2,1-3H3. The van der Waals surface area contributed by atoms with E-state index in [1.54, 1.807) is 0 Å². The molecule has 1 heterocycles. The van der Waals surface area contributed by atoms with Gasteiger partial charge in [0.25, 0.3) is 0 Å². The molecule has 2 aliphatic carbocycles. The zero-order chi connectivity index (χ0) is 16.1. The monoisotopic (exact) mass is 372 g/mol. The highest BCUT2D eigenvalue weighted by Gasteiger charge is 2.60. The smallest absolute Gasteiger partial charge is 0.316 e. The van der Waals surface area contributed by atoms with E-state index in [9.17, 15) is 9.59 Å². The highest BCUT2D eigenvalue weighted by molar-refractivity contribution is 9.09. The molecular formula is C17H25BrO4. The van der Waals surface area contributed by atoms with E-state index in [1.807, 2.05) is 6.92 Å². The molecule has 0 spiro atoms. The molecule has 2 saturated carbocycles. The van der Waals surface area contributed by atoms with Crippen molar-refractivity contribution in [3.05, 3.63) is 0 Å². The molecule has 1 saturated heterocycles. The fourth-order valence-corrected chi connectivity index (χ4v) is 5.35. The zero-order valence-electron chi connectivity index (χ0n) is 13.5. The largest absolute Gasteiger partial charge is 0.462 e. The van der Waals surface area contributed by atoms with Gasteiger partial charge in [0.15, 0.2) is 0 Å². The van der Waals surface area contributed by atoms with Crippen molar-refractivity contribution in [1.29, 1.82) is 0 Å². The molecule has 1 aliphatic heterocycles. The van der Waals surface area contributed by atoms with Crippen LogP contribution < -0.4 is 0 Å². The van der Waals surface area contributed by atoms with Crippen molar-refractivity contribution in [2.24, 2.45) is 29.1 Å². The summed E-state index contributed by atoms with van der Waals surface area (Å²) in [5.74, 6) is 0.882. The lowest BCUT2D eigenvalue weighted by Gasteiger charge is -2.55. The van der Waals surface area contributed by atoms with Crippen molar-refractivity contribution in [1.82, 2.24) is 0 Å². The lowest BCUT2D eigenvalue weighted by atomic mass is 9.52. The number of esters is 2. The summed E-state index contributed by atoms with van der Waals surface area (Å²) in [4.78, 5) is 23.8. The Bertz CT molecular complexity index is 479. The Hall–Kier alpha value is -0.580. The van der Waals surface area contributed by atoms with Crippen LogP contribution in [-0.2, 0) is 19.1 Å². The van der Waals surface area contributed by atoms with E-state index in [-0.39, 0.29) is 40.8 Å². The molecular weight excluding hydrogens is 348 g/mol. The maximum Gasteiger partial charge on any atom is 0.316 e. The average Bonchev–Trinajstić information content (AvgIpc) is 2.76. The van der Waals surface area contributed by atoms with E-state index in [2.05, 4.69) is 29.8 Å². The van der Waals surface area contributed by atoms with Gasteiger partial charge in [0, 0.05) is 17.3 Å². The minimum absolute atomic E-state index is 0.00159. The number of carbonyl (C=O) groups excluding carboxylic acids is 2. The average molecular weight is 373 g/mol. The van der Waals surface area contributed by atoms with Gasteiger partial charge >= 0.3 is 11.9 Å². The minimum atomic E-state index is -0.196. The van der Waals surface area contributed by atoms with E-state index in [0.717, 1.165) is 25.7 Å². The second kappa shape index (κ2) is 5.81. The summed E-state index contributed by atoms with van der Waals surface area (Å²) in [7, 11) is 0. The van der Waals surface area contributed by atoms with Gasteiger partial charge in [-0.3, -0.25) is 9.59 Å². The van der Waals surface area contributed by atoms with Crippen LogP contribution in [-0.4, -0.2) is 29.5 Å². The third-order valence-electron chi connectivity index (χ3n) is 6.44. The van der Waals surface area contributed by atoms with Crippen molar-refractivity contribution in [3.63, 3.8) is 0 Å². The van der Waals surface area contributed by atoms with Crippen molar-refractivity contribution >= 4 is 27.9 Å². The molecule has 0 amide bonds. The van der Waals surface area contributed by atoms with Gasteiger partial charge in [-0.2, -0.15) is 0 Å². The number of fused-ring (bicyclic) bond motifs is 3. The van der Waals surface area contributed by atoms with Gasteiger partial charge in [-0.15, -0.1) is 0 Å². The Labute approximate surface area is 140 Å². The van der Waals surface area contributed by atoms with Crippen LogP contribution in [0.5, 0.6) is 0 Å². The van der Waals surface area contributed by atoms with Gasteiger partial charge in [0.2, 0.25) is 0 Å². The number of halogens is 1. The minimum Gasteiger partial charge on any atom is -0.462 e. The molecule has 0 aromatic rings. The maximum atomic E-state index is 12.0. The van der Waals surface area contributed by atoms with Crippen LogP contribution >= 0.6 is 15.9 Å². The molecule has 0 bridgehead atoms. The van der Waals surface area contributed by atoms with Gasteiger partial charge in [-0.05, 0) is 31.6 Å². The highest BCUT2D eigenvalue weighted by atomic mass is 79.9. The van der Waals surface area contributed by atoms with Crippen LogP contribution in [0.3, 0.4) is 0 Å². The second-order valence-corrected chi connectivity index (χ2v) is 8.15. The molecule has 22 heavy (non-hydrogen) atoms. The lowest BCUT2D eigenvalue weighted by molar-refractivity contribution is -0.185. The number of hydrogen-bond donors (Lipinski definition) is 0. The van der Waals surface area contributed by atoms with Crippen LogP contribution in [0.4, 0.5) is 0 Å². The van der Waals surface area contributed by atoms with E-state index in [1.165, 1.54) is 0 Å². The predicted molar refractivity (Wildman–Crippen MR) is 85.4 cm³/mol. The summed E-state index contributed by atoms with van der Waals surface area (Å²) >= 11 is 3.18. The van der Waals surface area contributed by atoms with Crippen LogP contribution in [0.25, 0.3) is 0 Å². The number of alkyl halides is 1. The summed E-state index contributed by atoms with van der Waals surface area (Å²) < 4.78 is 11.5. The molecule has 4 nitrogen and oxygen atoms in total. The third kappa shape index (κ3) is 2.40. The summed E-state index contributed by atoms with van der Waals surface area (Å²) in [5, 5.41) is 0.234. The molecule has 124 valence electrons. The molecule has 0 radical (unpaired) electrons. The first-order valence-electron chi connectivity index (χ1n) is 8.34. The van der Waals surface area contributed by atoms with Crippen molar-refractivity contribution in [3.8, 4) is 0 Å². The van der Waals surface area contributed by atoms with Gasteiger partial charge in [-0.25, -0.2) is 0 Å². The third-order valence-corrected chi connectivity index (χ3v) is 6.89. The van der Waals surface area contributed by atoms with E-state index >= 15 is 0 Å². The fraction of sp³-hybridized carbons (Fsp3) is 0.882. The van der Waals surface area contributed by atoms with Crippen LogP contribution in [0, 0.1) is 29.1 Å². The molecule has 0 aromatic carbocycles. The highest BCUT2D eigenvalue weighted by Crippen LogP contribution is 2.58. The summed E-state index contributed by atoms with van der Waals surface area (Å²) in [6, 6.07) is 0. The quantitative estimate of drug-likeness (QED) is 0.551.